The van der Waals surface area contributed by atoms with Crippen LogP contribution >= 0.6 is 15.9 Å². The molecule has 1 unspecified atom stereocenters. The quantitative estimate of drug-likeness (QED) is 0.905. The highest BCUT2D eigenvalue weighted by Crippen LogP contribution is 2.23. The fraction of sp³-hybridized carbons (Fsp3) is 0.200. The lowest BCUT2D eigenvalue weighted by Crippen LogP contribution is -2.02. The molecule has 1 atom stereocenters. The standard InChI is InChI=1S/C15H15BrO/c1-11-7-13(10-14(16)8-11)15(17)9-12-5-3-2-4-6-12/h2-8,10,15,17H,9H2,1H3. The molecule has 1 nitrogen and oxygen atoms in total. The average Bonchev–Trinajstić information content (AvgIpc) is 2.29. The number of aliphatic hydroxyl groups excluding tert-OH is 1. The number of benzene rings is 2. The minimum atomic E-state index is -0.450. The Morgan fingerprint density at radius 3 is 2.47 bits per heavy atom. The van der Waals surface area contributed by atoms with Crippen LogP contribution in [0.15, 0.2) is 53.0 Å². The van der Waals surface area contributed by atoms with E-state index < -0.39 is 6.10 Å². The minimum absolute atomic E-state index is 0.450. The van der Waals surface area contributed by atoms with Gasteiger partial charge in [0, 0.05) is 10.9 Å². The van der Waals surface area contributed by atoms with E-state index in [2.05, 4.69) is 15.9 Å². The van der Waals surface area contributed by atoms with Gasteiger partial charge in [-0.3, -0.25) is 0 Å². The van der Waals surface area contributed by atoms with Crippen molar-refractivity contribution in [2.45, 2.75) is 19.4 Å². The zero-order valence-electron chi connectivity index (χ0n) is 9.73. The molecule has 2 rings (SSSR count). The molecule has 0 heterocycles. The van der Waals surface area contributed by atoms with E-state index in [0.717, 1.165) is 21.2 Å². The van der Waals surface area contributed by atoms with Crippen molar-refractivity contribution in [3.8, 4) is 0 Å². The molecule has 0 radical (unpaired) electrons. The second-order valence-electron chi connectivity index (χ2n) is 4.27. The number of hydrogen-bond donors (Lipinski definition) is 1. The van der Waals surface area contributed by atoms with Gasteiger partial charge in [0.05, 0.1) is 6.10 Å². The normalized spacial score (nSPS) is 12.4. The lowest BCUT2D eigenvalue weighted by molar-refractivity contribution is 0.178. The van der Waals surface area contributed by atoms with Gasteiger partial charge in [0.25, 0.3) is 0 Å². The van der Waals surface area contributed by atoms with Crippen molar-refractivity contribution in [2.24, 2.45) is 0 Å². The second kappa shape index (κ2) is 5.48. The van der Waals surface area contributed by atoms with Crippen LogP contribution < -0.4 is 0 Å². The lowest BCUT2D eigenvalue weighted by atomic mass is 10.0. The first-order valence-corrected chi connectivity index (χ1v) is 6.43. The Kier molecular flexibility index (Phi) is 3.97. The molecule has 2 aromatic rings. The number of aliphatic hydroxyl groups is 1. The summed E-state index contributed by atoms with van der Waals surface area (Å²) in [5, 5.41) is 10.2. The van der Waals surface area contributed by atoms with Crippen LogP contribution in [0, 0.1) is 6.92 Å². The summed E-state index contributed by atoms with van der Waals surface area (Å²) < 4.78 is 1.01. The van der Waals surface area contributed by atoms with Gasteiger partial charge in [0.2, 0.25) is 0 Å². The summed E-state index contributed by atoms with van der Waals surface area (Å²) in [5.74, 6) is 0. The molecule has 1 N–H and O–H groups in total. The van der Waals surface area contributed by atoms with Crippen molar-refractivity contribution < 1.29 is 5.11 Å². The predicted molar refractivity (Wildman–Crippen MR) is 74.0 cm³/mol. The van der Waals surface area contributed by atoms with Gasteiger partial charge < -0.3 is 5.11 Å². The Morgan fingerprint density at radius 1 is 1.12 bits per heavy atom. The fourth-order valence-corrected chi connectivity index (χ4v) is 2.54. The van der Waals surface area contributed by atoms with Crippen molar-refractivity contribution in [1.82, 2.24) is 0 Å². The molecule has 88 valence electrons. The summed E-state index contributed by atoms with van der Waals surface area (Å²) in [6, 6.07) is 16.1. The van der Waals surface area contributed by atoms with E-state index in [1.165, 1.54) is 0 Å². The van der Waals surface area contributed by atoms with Crippen LogP contribution in [0.2, 0.25) is 0 Å². The molecule has 0 aromatic heterocycles. The third-order valence-electron chi connectivity index (χ3n) is 2.72. The Bertz CT molecular complexity index is 473. The maximum absolute atomic E-state index is 10.2. The average molecular weight is 291 g/mol. The Labute approximate surface area is 110 Å². The van der Waals surface area contributed by atoms with E-state index in [1.54, 1.807) is 0 Å². The third-order valence-corrected chi connectivity index (χ3v) is 3.18. The van der Waals surface area contributed by atoms with Crippen molar-refractivity contribution in [3.63, 3.8) is 0 Å². The molecule has 0 saturated carbocycles. The van der Waals surface area contributed by atoms with E-state index in [1.807, 2.05) is 55.5 Å². The van der Waals surface area contributed by atoms with E-state index in [0.29, 0.717) is 6.42 Å². The van der Waals surface area contributed by atoms with Gasteiger partial charge in [0.1, 0.15) is 0 Å². The first kappa shape index (κ1) is 12.3. The van der Waals surface area contributed by atoms with Crippen LogP contribution in [0.25, 0.3) is 0 Å². The van der Waals surface area contributed by atoms with Gasteiger partial charge in [-0.15, -0.1) is 0 Å². The topological polar surface area (TPSA) is 20.2 Å². The van der Waals surface area contributed by atoms with Gasteiger partial charge in [-0.05, 0) is 35.7 Å². The minimum Gasteiger partial charge on any atom is -0.388 e. The molecule has 0 bridgehead atoms. The van der Waals surface area contributed by atoms with Crippen molar-refractivity contribution in [1.29, 1.82) is 0 Å². The van der Waals surface area contributed by atoms with Crippen LogP contribution in [0.3, 0.4) is 0 Å². The molecule has 0 spiro atoms. The summed E-state index contributed by atoms with van der Waals surface area (Å²) >= 11 is 3.46. The molecule has 0 aliphatic carbocycles. The highest BCUT2D eigenvalue weighted by molar-refractivity contribution is 9.10. The molecule has 2 aromatic carbocycles. The number of hydrogen-bond acceptors (Lipinski definition) is 1. The van der Waals surface area contributed by atoms with Crippen LogP contribution in [0.4, 0.5) is 0 Å². The second-order valence-corrected chi connectivity index (χ2v) is 5.18. The highest BCUT2D eigenvalue weighted by atomic mass is 79.9. The van der Waals surface area contributed by atoms with Gasteiger partial charge in [-0.25, -0.2) is 0 Å². The van der Waals surface area contributed by atoms with E-state index in [-0.39, 0.29) is 0 Å². The van der Waals surface area contributed by atoms with Crippen LogP contribution in [-0.2, 0) is 6.42 Å². The molecular weight excluding hydrogens is 276 g/mol. The SMILES string of the molecule is Cc1cc(Br)cc(C(O)Cc2ccccc2)c1. The molecule has 17 heavy (non-hydrogen) atoms. The van der Waals surface area contributed by atoms with E-state index in [4.69, 9.17) is 0 Å². The smallest absolute Gasteiger partial charge is 0.0830 e. The Balaban J connectivity index is 2.17. The number of rotatable bonds is 3. The first-order valence-electron chi connectivity index (χ1n) is 5.64. The Hall–Kier alpha value is -1.12. The molecular formula is C15H15BrO. The monoisotopic (exact) mass is 290 g/mol. The zero-order chi connectivity index (χ0) is 12.3. The Morgan fingerprint density at radius 2 is 1.82 bits per heavy atom. The fourth-order valence-electron chi connectivity index (χ4n) is 1.91. The maximum atomic E-state index is 10.2. The first-order chi connectivity index (χ1) is 8.15. The lowest BCUT2D eigenvalue weighted by Gasteiger charge is -2.12. The summed E-state index contributed by atoms with van der Waals surface area (Å²) in [5.41, 5.74) is 3.26. The van der Waals surface area contributed by atoms with Gasteiger partial charge >= 0.3 is 0 Å². The highest BCUT2D eigenvalue weighted by Gasteiger charge is 2.09. The molecule has 0 amide bonds. The van der Waals surface area contributed by atoms with Crippen LogP contribution in [-0.4, -0.2) is 5.11 Å². The van der Waals surface area contributed by atoms with Crippen molar-refractivity contribution >= 4 is 15.9 Å². The van der Waals surface area contributed by atoms with Crippen LogP contribution in [0.5, 0.6) is 0 Å². The maximum Gasteiger partial charge on any atom is 0.0830 e. The third kappa shape index (κ3) is 3.42. The van der Waals surface area contributed by atoms with Crippen molar-refractivity contribution in [3.05, 3.63) is 69.7 Å². The van der Waals surface area contributed by atoms with E-state index >= 15 is 0 Å². The molecule has 0 saturated heterocycles. The number of halogens is 1. The van der Waals surface area contributed by atoms with E-state index in [9.17, 15) is 5.11 Å². The largest absolute Gasteiger partial charge is 0.388 e. The predicted octanol–water partition coefficient (Wildman–Crippen LogP) is 4.03. The molecule has 0 aliphatic heterocycles. The summed E-state index contributed by atoms with van der Waals surface area (Å²) in [7, 11) is 0. The van der Waals surface area contributed by atoms with Gasteiger partial charge in [-0.1, -0.05) is 52.3 Å². The number of aryl methyl sites for hydroxylation is 1. The zero-order valence-corrected chi connectivity index (χ0v) is 11.3. The molecule has 0 aliphatic rings. The van der Waals surface area contributed by atoms with Crippen molar-refractivity contribution in [2.75, 3.05) is 0 Å². The van der Waals surface area contributed by atoms with Crippen LogP contribution in [0.1, 0.15) is 22.8 Å². The van der Waals surface area contributed by atoms with Gasteiger partial charge in [0.15, 0.2) is 0 Å². The summed E-state index contributed by atoms with van der Waals surface area (Å²) in [6.45, 7) is 2.03. The molecule has 0 fully saturated rings. The van der Waals surface area contributed by atoms with Gasteiger partial charge in [-0.2, -0.15) is 0 Å². The summed E-state index contributed by atoms with van der Waals surface area (Å²) in [4.78, 5) is 0. The molecule has 2 heteroatoms. The summed E-state index contributed by atoms with van der Waals surface area (Å²) in [6.07, 6.45) is 0.199.